The summed E-state index contributed by atoms with van der Waals surface area (Å²) in [4.78, 5) is 23.7. The first-order chi connectivity index (χ1) is 8.56. The number of carboxylic acids is 1. The second kappa shape index (κ2) is 6.64. The summed E-state index contributed by atoms with van der Waals surface area (Å²) in [6.45, 7) is 3.60. The molecule has 5 heteroatoms. The van der Waals surface area contributed by atoms with Crippen molar-refractivity contribution in [1.29, 1.82) is 0 Å². The number of amides is 1. The summed E-state index contributed by atoms with van der Waals surface area (Å²) in [5.41, 5.74) is 0.866. The van der Waals surface area contributed by atoms with Crippen LogP contribution in [-0.2, 0) is 16.1 Å². The maximum absolute atomic E-state index is 11.7. The average molecular weight is 251 g/mol. The SMILES string of the molecule is CCN(C(=O)OCc1ccccc1)[C@@H](C)C(=O)O. The van der Waals surface area contributed by atoms with Crippen LogP contribution in [0, 0.1) is 0 Å². The standard InChI is InChI=1S/C13H17NO4/c1-3-14(10(2)12(15)16)13(17)18-9-11-7-5-4-6-8-11/h4-8,10H,3,9H2,1-2H3,(H,15,16)/t10-/m0/s1. The van der Waals surface area contributed by atoms with Gasteiger partial charge in [0.25, 0.3) is 0 Å². The van der Waals surface area contributed by atoms with Gasteiger partial charge in [-0.2, -0.15) is 0 Å². The van der Waals surface area contributed by atoms with Gasteiger partial charge >= 0.3 is 12.1 Å². The van der Waals surface area contributed by atoms with E-state index >= 15 is 0 Å². The molecule has 0 aliphatic carbocycles. The lowest BCUT2D eigenvalue weighted by molar-refractivity contribution is -0.142. The monoisotopic (exact) mass is 251 g/mol. The molecule has 0 aliphatic heterocycles. The van der Waals surface area contributed by atoms with Crippen molar-refractivity contribution >= 4 is 12.1 Å². The first-order valence-corrected chi connectivity index (χ1v) is 5.76. The van der Waals surface area contributed by atoms with E-state index in [-0.39, 0.29) is 6.61 Å². The Hall–Kier alpha value is -2.04. The number of ether oxygens (including phenoxy) is 1. The van der Waals surface area contributed by atoms with E-state index in [1.807, 2.05) is 30.3 Å². The molecule has 0 fully saturated rings. The molecular weight excluding hydrogens is 234 g/mol. The predicted molar refractivity (Wildman–Crippen MR) is 66.1 cm³/mol. The highest BCUT2D eigenvalue weighted by Crippen LogP contribution is 2.06. The lowest BCUT2D eigenvalue weighted by Crippen LogP contribution is -2.43. The number of likely N-dealkylation sites (N-methyl/N-ethyl adjacent to an activating group) is 1. The van der Waals surface area contributed by atoms with Crippen molar-refractivity contribution in [2.45, 2.75) is 26.5 Å². The number of carbonyl (C=O) groups excluding carboxylic acids is 1. The summed E-state index contributed by atoms with van der Waals surface area (Å²) >= 11 is 0. The van der Waals surface area contributed by atoms with E-state index in [2.05, 4.69) is 0 Å². The van der Waals surface area contributed by atoms with Crippen molar-refractivity contribution in [3.8, 4) is 0 Å². The molecule has 0 saturated heterocycles. The van der Waals surface area contributed by atoms with Gasteiger partial charge in [0.2, 0.25) is 0 Å². The Labute approximate surface area is 106 Å². The van der Waals surface area contributed by atoms with E-state index in [1.54, 1.807) is 6.92 Å². The number of benzene rings is 1. The number of rotatable bonds is 5. The molecule has 0 unspecified atom stereocenters. The van der Waals surface area contributed by atoms with Gasteiger partial charge in [-0.1, -0.05) is 30.3 Å². The molecule has 0 spiro atoms. The van der Waals surface area contributed by atoms with Crippen LogP contribution in [0.15, 0.2) is 30.3 Å². The first kappa shape index (κ1) is 14.0. The van der Waals surface area contributed by atoms with Crippen LogP contribution in [0.25, 0.3) is 0 Å². The number of hydrogen-bond donors (Lipinski definition) is 1. The maximum Gasteiger partial charge on any atom is 0.410 e. The predicted octanol–water partition coefficient (Wildman–Crippen LogP) is 2.12. The van der Waals surface area contributed by atoms with Crippen LogP contribution in [0.5, 0.6) is 0 Å². The Morgan fingerprint density at radius 1 is 1.33 bits per heavy atom. The smallest absolute Gasteiger partial charge is 0.410 e. The van der Waals surface area contributed by atoms with Crippen LogP contribution in [0.1, 0.15) is 19.4 Å². The summed E-state index contributed by atoms with van der Waals surface area (Å²) in [6.07, 6.45) is -0.615. The second-order valence-corrected chi connectivity index (χ2v) is 3.84. The van der Waals surface area contributed by atoms with Gasteiger partial charge in [-0.25, -0.2) is 9.59 Å². The van der Waals surface area contributed by atoms with Crippen molar-refractivity contribution in [2.75, 3.05) is 6.54 Å². The molecule has 1 amide bonds. The van der Waals surface area contributed by atoms with Crippen molar-refractivity contribution < 1.29 is 19.4 Å². The first-order valence-electron chi connectivity index (χ1n) is 5.76. The normalized spacial score (nSPS) is 11.7. The number of nitrogens with zero attached hydrogens (tertiary/aromatic N) is 1. The van der Waals surface area contributed by atoms with Gasteiger partial charge in [0.15, 0.2) is 0 Å². The summed E-state index contributed by atoms with van der Waals surface area (Å²) < 4.78 is 5.08. The van der Waals surface area contributed by atoms with E-state index in [0.29, 0.717) is 6.54 Å². The fourth-order valence-corrected chi connectivity index (χ4v) is 1.50. The lowest BCUT2D eigenvalue weighted by Gasteiger charge is -2.24. The molecule has 0 aromatic heterocycles. The lowest BCUT2D eigenvalue weighted by atomic mass is 10.2. The van der Waals surface area contributed by atoms with Crippen molar-refractivity contribution in [3.05, 3.63) is 35.9 Å². The highest BCUT2D eigenvalue weighted by atomic mass is 16.6. The molecule has 98 valence electrons. The van der Waals surface area contributed by atoms with Crippen molar-refractivity contribution in [1.82, 2.24) is 4.90 Å². The Morgan fingerprint density at radius 3 is 2.44 bits per heavy atom. The molecular formula is C13H17NO4. The van der Waals surface area contributed by atoms with E-state index in [1.165, 1.54) is 11.8 Å². The zero-order valence-electron chi connectivity index (χ0n) is 10.5. The minimum absolute atomic E-state index is 0.141. The van der Waals surface area contributed by atoms with Gasteiger partial charge in [-0.05, 0) is 19.4 Å². The van der Waals surface area contributed by atoms with Crippen LogP contribution in [0.2, 0.25) is 0 Å². The van der Waals surface area contributed by atoms with Crippen LogP contribution < -0.4 is 0 Å². The molecule has 1 atom stereocenters. The molecule has 0 bridgehead atoms. The van der Waals surface area contributed by atoms with Crippen LogP contribution in [0.4, 0.5) is 4.79 Å². The molecule has 5 nitrogen and oxygen atoms in total. The molecule has 1 N–H and O–H groups in total. The van der Waals surface area contributed by atoms with E-state index < -0.39 is 18.1 Å². The van der Waals surface area contributed by atoms with Crippen LogP contribution in [-0.4, -0.2) is 34.7 Å². The molecule has 1 aromatic carbocycles. The van der Waals surface area contributed by atoms with Gasteiger partial charge in [0.1, 0.15) is 12.6 Å². The third-order valence-electron chi connectivity index (χ3n) is 2.61. The highest BCUT2D eigenvalue weighted by molar-refractivity contribution is 5.79. The Balaban J connectivity index is 2.56. The third-order valence-corrected chi connectivity index (χ3v) is 2.61. The largest absolute Gasteiger partial charge is 0.480 e. The van der Waals surface area contributed by atoms with Crippen molar-refractivity contribution in [3.63, 3.8) is 0 Å². The molecule has 0 radical (unpaired) electrons. The van der Waals surface area contributed by atoms with Gasteiger partial charge in [0.05, 0.1) is 0 Å². The Bertz CT molecular complexity index is 405. The van der Waals surface area contributed by atoms with Gasteiger partial charge in [-0.15, -0.1) is 0 Å². The molecule has 0 saturated carbocycles. The summed E-state index contributed by atoms with van der Waals surface area (Å²) in [6, 6.07) is 8.35. The fraction of sp³-hybridized carbons (Fsp3) is 0.385. The Kier molecular flexibility index (Phi) is 5.17. The summed E-state index contributed by atoms with van der Waals surface area (Å²) in [7, 11) is 0. The molecule has 0 aliphatic rings. The zero-order chi connectivity index (χ0) is 13.5. The number of carboxylic acid groups (broad SMARTS) is 1. The van der Waals surface area contributed by atoms with E-state index in [0.717, 1.165) is 5.56 Å². The highest BCUT2D eigenvalue weighted by Gasteiger charge is 2.25. The van der Waals surface area contributed by atoms with Gasteiger partial charge in [-0.3, -0.25) is 4.90 Å². The van der Waals surface area contributed by atoms with Crippen LogP contribution >= 0.6 is 0 Å². The molecule has 18 heavy (non-hydrogen) atoms. The minimum atomic E-state index is -1.05. The topological polar surface area (TPSA) is 66.8 Å². The number of hydrogen-bond acceptors (Lipinski definition) is 3. The van der Waals surface area contributed by atoms with E-state index in [9.17, 15) is 9.59 Å². The molecule has 1 rings (SSSR count). The zero-order valence-corrected chi connectivity index (χ0v) is 10.5. The summed E-state index contributed by atoms with van der Waals surface area (Å²) in [5.74, 6) is -1.05. The summed E-state index contributed by atoms with van der Waals surface area (Å²) in [5, 5.41) is 8.87. The second-order valence-electron chi connectivity index (χ2n) is 3.84. The number of carbonyl (C=O) groups is 2. The third kappa shape index (κ3) is 3.76. The quantitative estimate of drug-likeness (QED) is 0.870. The maximum atomic E-state index is 11.7. The fourth-order valence-electron chi connectivity index (χ4n) is 1.50. The van der Waals surface area contributed by atoms with Gasteiger partial charge in [0, 0.05) is 6.54 Å². The molecule has 0 heterocycles. The molecule has 1 aromatic rings. The number of aliphatic carboxylic acids is 1. The minimum Gasteiger partial charge on any atom is -0.480 e. The van der Waals surface area contributed by atoms with Crippen molar-refractivity contribution in [2.24, 2.45) is 0 Å². The van der Waals surface area contributed by atoms with E-state index in [4.69, 9.17) is 9.84 Å². The Morgan fingerprint density at radius 2 is 1.94 bits per heavy atom. The van der Waals surface area contributed by atoms with Gasteiger partial charge < -0.3 is 9.84 Å². The van der Waals surface area contributed by atoms with Crippen LogP contribution in [0.3, 0.4) is 0 Å². The average Bonchev–Trinajstić information content (AvgIpc) is 2.38.